The number of hydrogen-bond acceptors (Lipinski definition) is 2. The number of halogens is 3. The smallest absolute Gasteiger partial charge is 0.416 e. The topological polar surface area (TPSA) is 37.3 Å². The van der Waals surface area contributed by atoms with E-state index in [1.807, 2.05) is 0 Å². The second-order valence-corrected chi connectivity index (χ2v) is 5.07. The second kappa shape index (κ2) is 4.28. The molecule has 0 spiro atoms. The number of alkyl halides is 3. The lowest BCUT2D eigenvalue weighted by Crippen LogP contribution is -2.05. The van der Waals surface area contributed by atoms with Gasteiger partial charge in [-0.2, -0.15) is 13.2 Å². The fraction of sp³-hybridized carbons (Fsp3) is 0.250. The van der Waals surface area contributed by atoms with Crippen LogP contribution in [-0.4, -0.2) is 11.1 Å². The van der Waals surface area contributed by atoms with Gasteiger partial charge in [0.2, 0.25) is 0 Å². The average molecular weight is 274 g/mol. The number of rotatable bonds is 2. The molecule has 1 aromatic carbocycles. The van der Waals surface area contributed by atoms with Crippen molar-refractivity contribution in [2.75, 3.05) is 0 Å². The highest BCUT2D eigenvalue weighted by Crippen LogP contribution is 2.36. The largest absolute Gasteiger partial charge is 0.481 e. The van der Waals surface area contributed by atoms with Gasteiger partial charge in [-0.1, -0.05) is 0 Å². The van der Waals surface area contributed by atoms with Gasteiger partial charge in [0, 0.05) is 9.58 Å². The van der Waals surface area contributed by atoms with Crippen molar-refractivity contribution >= 4 is 27.4 Å². The van der Waals surface area contributed by atoms with Crippen LogP contribution in [0.25, 0.3) is 10.1 Å². The molecule has 1 atom stereocenters. The van der Waals surface area contributed by atoms with Crippen molar-refractivity contribution in [3.63, 3.8) is 0 Å². The molecular weight excluding hydrogens is 265 g/mol. The molecule has 6 heteroatoms. The van der Waals surface area contributed by atoms with Crippen LogP contribution in [0, 0.1) is 0 Å². The van der Waals surface area contributed by atoms with Crippen molar-refractivity contribution in [2.24, 2.45) is 0 Å². The molecule has 1 heterocycles. The van der Waals surface area contributed by atoms with Gasteiger partial charge in [0.15, 0.2) is 0 Å². The standard InChI is InChI=1S/C12H9F3O2S/c1-6(11(16)17)10-5-7-4-8(12(13,14)15)2-3-9(7)18-10/h2-6H,1H3,(H,16,17). The lowest BCUT2D eigenvalue weighted by molar-refractivity contribution is -0.138. The van der Waals surface area contributed by atoms with Gasteiger partial charge in [0.1, 0.15) is 0 Å². The summed E-state index contributed by atoms with van der Waals surface area (Å²) in [6.45, 7) is 1.51. The van der Waals surface area contributed by atoms with Gasteiger partial charge in [-0.25, -0.2) is 0 Å². The molecule has 1 unspecified atom stereocenters. The number of hydrogen-bond donors (Lipinski definition) is 1. The van der Waals surface area contributed by atoms with Crippen molar-refractivity contribution in [1.29, 1.82) is 0 Å². The Morgan fingerprint density at radius 2 is 2.00 bits per heavy atom. The number of carboxylic acids is 1. The van der Waals surface area contributed by atoms with Gasteiger partial charge >= 0.3 is 12.1 Å². The number of carbonyl (C=O) groups is 1. The van der Waals surface area contributed by atoms with E-state index in [9.17, 15) is 18.0 Å². The summed E-state index contributed by atoms with van der Waals surface area (Å²) in [5.41, 5.74) is -0.720. The van der Waals surface area contributed by atoms with E-state index in [1.165, 1.54) is 30.4 Å². The van der Waals surface area contributed by atoms with Crippen LogP contribution in [0.2, 0.25) is 0 Å². The molecule has 0 aliphatic heterocycles. The summed E-state index contributed by atoms with van der Waals surface area (Å²) < 4.78 is 38.2. The summed E-state index contributed by atoms with van der Waals surface area (Å²) in [4.78, 5) is 11.4. The minimum absolute atomic E-state index is 0.429. The predicted octanol–water partition coefficient (Wildman–Crippen LogP) is 4.11. The molecule has 0 saturated heterocycles. The summed E-state index contributed by atoms with van der Waals surface area (Å²) >= 11 is 1.20. The van der Waals surface area contributed by atoms with Gasteiger partial charge < -0.3 is 5.11 Å². The van der Waals surface area contributed by atoms with E-state index in [2.05, 4.69) is 0 Å². The van der Waals surface area contributed by atoms with E-state index in [0.717, 1.165) is 12.1 Å². The maximum atomic E-state index is 12.5. The quantitative estimate of drug-likeness (QED) is 0.894. The van der Waals surface area contributed by atoms with Gasteiger partial charge in [0.05, 0.1) is 11.5 Å². The lowest BCUT2D eigenvalue weighted by atomic mass is 10.1. The fourth-order valence-electron chi connectivity index (χ4n) is 1.58. The SMILES string of the molecule is CC(C(=O)O)c1cc2cc(C(F)(F)F)ccc2s1. The van der Waals surface area contributed by atoms with E-state index >= 15 is 0 Å². The molecule has 96 valence electrons. The highest BCUT2D eigenvalue weighted by Gasteiger charge is 2.30. The molecule has 0 amide bonds. The van der Waals surface area contributed by atoms with Crippen LogP contribution in [0.5, 0.6) is 0 Å². The molecule has 2 nitrogen and oxygen atoms in total. The Labute approximate surface area is 105 Å². The molecule has 0 radical (unpaired) electrons. The number of thiophene rings is 1. The first-order valence-electron chi connectivity index (χ1n) is 5.12. The Morgan fingerprint density at radius 3 is 2.56 bits per heavy atom. The van der Waals surface area contributed by atoms with Crippen LogP contribution < -0.4 is 0 Å². The van der Waals surface area contributed by atoms with E-state index in [0.29, 0.717) is 15.0 Å². The van der Waals surface area contributed by atoms with E-state index < -0.39 is 23.6 Å². The molecule has 18 heavy (non-hydrogen) atoms. The molecule has 0 aliphatic carbocycles. The zero-order valence-corrected chi connectivity index (χ0v) is 10.1. The maximum Gasteiger partial charge on any atom is 0.416 e. The molecular formula is C12H9F3O2S. The average Bonchev–Trinajstić information content (AvgIpc) is 2.68. The van der Waals surface area contributed by atoms with Gasteiger partial charge in [-0.15, -0.1) is 11.3 Å². The third-order valence-electron chi connectivity index (χ3n) is 2.66. The van der Waals surface area contributed by atoms with Crippen LogP contribution in [0.15, 0.2) is 24.3 Å². The molecule has 0 aliphatic rings. The van der Waals surface area contributed by atoms with E-state index in [-0.39, 0.29) is 0 Å². The van der Waals surface area contributed by atoms with Crippen LogP contribution >= 0.6 is 11.3 Å². The lowest BCUT2D eigenvalue weighted by Gasteiger charge is -2.05. The Bertz CT molecular complexity index is 601. The van der Waals surface area contributed by atoms with Crippen molar-refractivity contribution in [3.8, 4) is 0 Å². The van der Waals surface area contributed by atoms with Crippen molar-refractivity contribution < 1.29 is 23.1 Å². The summed E-state index contributed by atoms with van der Waals surface area (Å²) in [6, 6.07) is 4.94. The Morgan fingerprint density at radius 1 is 1.33 bits per heavy atom. The summed E-state index contributed by atoms with van der Waals surface area (Å²) in [7, 11) is 0. The highest BCUT2D eigenvalue weighted by atomic mass is 32.1. The zero-order chi connectivity index (χ0) is 13.5. The molecule has 0 saturated carbocycles. The Hall–Kier alpha value is -1.56. The van der Waals surface area contributed by atoms with Crippen LogP contribution in [-0.2, 0) is 11.0 Å². The van der Waals surface area contributed by atoms with Crippen LogP contribution in [0.1, 0.15) is 23.3 Å². The van der Waals surface area contributed by atoms with E-state index in [1.54, 1.807) is 0 Å². The molecule has 1 aromatic heterocycles. The monoisotopic (exact) mass is 274 g/mol. The van der Waals surface area contributed by atoms with Gasteiger partial charge in [-0.05, 0) is 36.6 Å². The third kappa shape index (κ3) is 2.33. The molecule has 2 aromatic rings. The maximum absolute atomic E-state index is 12.5. The molecule has 2 rings (SSSR count). The van der Waals surface area contributed by atoms with Crippen LogP contribution in [0.4, 0.5) is 13.2 Å². The number of fused-ring (bicyclic) bond motifs is 1. The Balaban J connectivity index is 2.49. The van der Waals surface area contributed by atoms with Gasteiger partial charge in [0.25, 0.3) is 0 Å². The minimum Gasteiger partial charge on any atom is -0.481 e. The van der Waals surface area contributed by atoms with Crippen LogP contribution in [0.3, 0.4) is 0 Å². The predicted molar refractivity (Wildman–Crippen MR) is 62.9 cm³/mol. The fourth-order valence-corrected chi connectivity index (χ4v) is 2.66. The normalized spacial score (nSPS) is 13.8. The summed E-state index contributed by atoms with van der Waals surface area (Å²) in [6.07, 6.45) is -4.38. The van der Waals surface area contributed by atoms with Gasteiger partial charge in [-0.3, -0.25) is 4.79 Å². The third-order valence-corrected chi connectivity index (χ3v) is 3.96. The first-order chi connectivity index (χ1) is 8.29. The minimum atomic E-state index is -4.38. The molecule has 0 fully saturated rings. The number of aliphatic carboxylic acids is 1. The van der Waals surface area contributed by atoms with E-state index in [4.69, 9.17) is 5.11 Å². The number of carboxylic acid groups (broad SMARTS) is 1. The highest BCUT2D eigenvalue weighted by molar-refractivity contribution is 7.19. The van der Waals surface area contributed by atoms with Crippen molar-refractivity contribution in [1.82, 2.24) is 0 Å². The molecule has 0 bridgehead atoms. The first kappa shape index (κ1) is 12.9. The Kier molecular flexibility index (Phi) is 3.06. The number of benzene rings is 1. The zero-order valence-electron chi connectivity index (χ0n) is 9.28. The summed E-state index contributed by atoms with van der Waals surface area (Å²) in [5, 5.41) is 9.30. The van der Waals surface area contributed by atoms with Crippen molar-refractivity contribution in [2.45, 2.75) is 19.0 Å². The van der Waals surface area contributed by atoms with Crippen molar-refractivity contribution in [3.05, 3.63) is 34.7 Å². The molecule has 1 N–H and O–H groups in total. The second-order valence-electron chi connectivity index (χ2n) is 3.96. The summed E-state index contributed by atoms with van der Waals surface area (Å²) in [5.74, 6) is -1.70. The first-order valence-corrected chi connectivity index (χ1v) is 5.94.